The molecule has 6 nitrogen and oxygen atoms in total. The smallest absolute Gasteiger partial charge is 0.243 e. The first-order valence-corrected chi connectivity index (χ1v) is 7.64. The van der Waals surface area contributed by atoms with E-state index in [1.54, 1.807) is 19.1 Å². The molecule has 0 aliphatic carbocycles. The predicted octanol–water partition coefficient (Wildman–Crippen LogP) is 1.02. The molecular formula is C12H21N3O3S. The van der Waals surface area contributed by atoms with E-state index in [1.807, 2.05) is 6.92 Å². The van der Waals surface area contributed by atoms with Gasteiger partial charge in [-0.3, -0.25) is 5.84 Å². The third kappa shape index (κ3) is 4.17. The van der Waals surface area contributed by atoms with Gasteiger partial charge in [-0.25, -0.2) is 8.42 Å². The summed E-state index contributed by atoms with van der Waals surface area (Å²) < 4.78 is 31.3. The molecule has 1 rings (SSSR count). The molecule has 7 heteroatoms. The minimum atomic E-state index is -3.47. The topological polar surface area (TPSA) is 84.7 Å². The van der Waals surface area contributed by atoms with Crippen molar-refractivity contribution in [3.05, 3.63) is 24.3 Å². The number of nitrogens with zero attached hydrogens (tertiary/aromatic N) is 1. The molecule has 1 aromatic carbocycles. The maximum atomic E-state index is 12.4. The molecule has 0 atom stereocenters. The number of ether oxygens (including phenoxy) is 1. The Morgan fingerprint density at radius 3 is 2.37 bits per heavy atom. The number of sulfonamides is 1. The van der Waals surface area contributed by atoms with Crippen molar-refractivity contribution in [2.75, 3.05) is 31.7 Å². The molecule has 3 N–H and O–H groups in total. The Kier molecular flexibility index (Phi) is 6.23. The predicted molar refractivity (Wildman–Crippen MR) is 75.2 cm³/mol. The number of nitrogen functional groups attached to an aromatic ring is 1. The van der Waals surface area contributed by atoms with Crippen LogP contribution >= 0.6 is 0 Å². The van der Waals surface area contributed by atoms with Crippen LogP contribution in [-0.2, 0) is 14.8 Å². The van der Waals surface area contributed by atoms with Crippen LogP contribution in [-0.4, -0.2) is 39.0 Å². The standard InChI is InChI=1S/C12H21N3O3S/c1-3-15(9-10-18-4-2)19(16,17)12-7-5-11(14-13)6-8-12/h5-8,14H,3-4,9-10,13H2,1-2H3. The average Bonchev–Trinajstić information content (AvgIpc) is 2.43. The van der Waals surface area contributed by atoms with Crippen LogP contribution in [0.25, 0.3) is 0 Å². The molecule has 0 saturated carbocycles. The van der Waals surface area contributed by atoms with Gasteiger partial charge in [0, 0.05) is 25.4 Å². The number of anilines is 1. The highest BCUT2D eigenvalue weighted by atomic mass is 32.2. The van der Waals surface area contributed by atoms with Crippen molar-refractivity contribution >= 4 is 15.7 Å². The van der Waals surface area contributed by atoms with Gasteiger partial charge in [-0.2, -0.15) is 4.31 Å². The summed E-state index contributed by atoms with van der Waals surface area (Å²) in [6.45, 7) is 5.42. The maximum absolute atomic E-state index is 12.4. The van der Waals surface area contributed by atoms with Crippen molar-refractivity contribution in [2.24, 2.45) is 5.84 Å². The number of hydrogen-bond donors (Lipinski definition) is 2. The molecule has 0 fully saturated rings. The molecule has 19 heavy (non-hydrogen) atoms. The maximum Gasteiger partial charge on any atom is 0.243 e. The van der Waals surface area contributed by atoms with E-state index < -0.39 is 10.0 Å². The SMILES string of the molecule is CCOCCN(CC)S(=O)(=O)c1ccc(NN)cc1. The summed E-state index contributed by atoms with van der Waals surface area (Å²) in [5.41, 5.74) is 3.13. The first-order chi connectivity index (χ1) is 9.06. The Bertz CT molecular complexity index is 473. The second kappa shape index (κ2) is 7.44. The van der Waals surface area contributed by atoms with E-state index in [0.717, 1.165) is 0 Å². The molecule has 0 unspecified atom stereocenters. The van der Waals surface area contributed by atoms with Gasteiger partial charge in [-0.05, 0) is 31.2 Å². The minimum absolute atomic E-state index is 0.254. The Labute approximate surface area is 114 Å². The molecule has 108 valence electrons. The lowest BCUT2D eigenvalue weighted by Gasteiger charge is -2.20. The van der Waals surface area contributed by atoms with Crippen LogP contribution in [0, 0.1) is 0 Å². The van der Waals surface area contributed by atoms with E-state index in [1.165, 1.54) is 16.4 Å². The fourth-order valence-electron chi connectivity index (χ4n) is 1.63. The summed E-state index contributed by atoms with van der Waals surface area (Å²) in [6.07, 6.45) is 0. The number of nitrogens with two attached hydrogens (primary N) is 1. The fourth-order valence-corrected chi connectivity index (χ4v) is 3.06. The van der Waals surface area contributed by atoms with Gasteiger partial charge in [0.1, 0.15) is 0 Å². The van der Waals surface area contributed by atoms with Crippen LogP contribution in [0.3, 0.4) is 0 Å². The van der Waals surface area contributed by atoms with Gasteiger partial charge < -0.3 is 10.2 Å². The van der Waals surface area contributed by atoms with Gasteiger partial charge in [0.2, 0.25) is 10.0 Å². The molecule has 0 radical (unpaired) electrons. The molecule has 0 aliphatic rings. The first-order valence-electron chi connectivity index (χ1n) is 6.20. The van der Waals surface area contributed by atoms with Gasteiger partial charge in [-0.15, -0.1) is 0 Å². The highest BCUT2D eigenvalue weighted by Gasteiger charge is 2.22. The lowest BCUT2D eigenvalue weighted by atomic mass is 10.3. The lowest BCUT2D eigenvalue weighted by molar-refractivity contribution is 0.135. The van der Waals surface area contributed by atoms with E-state index in [2.05, 4.69) is 5.43 Å². The van der Waals surface area contributed by atoms with Gasteiger partial charge in [0.15, 0.2) is 0 Å². The first kappa shape index (κ1) is 15.9. The van der Waals surface area contributed by atoms with Crippen molar-refractivity contribution in [1.82, 2.24) is 4.31 Å². The molecule has 0 heterocycles. The Morgan fingerprint density at radius 2 is 1.89 bits per heavy atom. The monoisotopic (exact) mass is 287 g/mol. The van der Waals surface area contributed by atoms with Crippen molar-refractivity contribution < 1.29 is 13.2 Å². The lowest BCUT2D eigenvalue weighted by Crippen LogP contribution is -2.33. The zero-order valence-electron chi connectivity index (χ0n) is 11.3. The van der Waals surface area contributed by atoms with Crippen molar-refractivity contribution in [3.8, 4) is 0 Å². The summed E-state index contributed by atoms with van der Waals surface area (Å²) in [5.74, 6) is 5.25. The highest BCUT2D eigenvalue weighted by molar-refractivity contribution is 7.89. The largest absolute Gasteiger partial charge is 0.380 e. The zero-order valence-corrected chi connectivity index (χ0v) is 12.1. The van der Waals surface area contributed by atoms with Crippen molar-refractivity contribution in [1.29, 1.82) is 0 Å². The van der Waals surface area contributed by atoms with Crippen LogP contribution in [0.1, 0.15) is 13.8 Å². The number of likely N-dealkylation sites (N-methyl/N-ethyl adjacent to an activating group) is 1. The second-order valence-electron chi connectivity index (χ2n) is 3.86. The average molecular weight is 287 g/mol. The fraction of sp³-hybridized carbons (Fsp3) is 0.500. The van der Waals surface area contributed by atoms with Crippen LogP contribution in [0.2, 0.25) is 0 Å². The molecule has 0 aliphatic heterocycles. The summed E-state index contributed by atoms with van der Waals surface area (Å²) in [6, 6.07) is 6.33. The number of rotatable bonds is 8. The minimum Gasteiger partial charge on any atom is -0.380 e. The van der Waals surface area contributed by atoms with Gasteiger partial charge in [0.05, 0.1) is 11.5 Å². The third-order valence-corrected chi connectivity index (χ3v) is 4.69. The number of hydrazine groups is 1. The molecular weight excluding hydrogens is 266 g/mol. The normalized spacial score (nSPS) is 11.8. The van der Waals surface area contributed by atoms with E-state index in [0.29, 0.717) is 32.0 Å². The van der Waals surface area contributed by atoms with Crippen LogP contribution in [0.15, 0.2) is 29.2 Å². The molecule has 0 bridgehead atoms. The van der Waals surface area contributed by atoms with Gasteiger partial charge in [0.25, 0.3) is 0 Å². The Morgan fingerprint density at radius 1 is 1.26 bits per heavy atom. The summed E-state index contributed by atoms with van der Waals surface area (Å²) in [4.78, 5) is 0.254. The van der Waals surface area contributed by atoms with Gasteiger partial charge in [-0.1, -0.05) is 6.92 Å². The summed E-state index contributed by atoms with van der Waals surface area (Å²) >= 11 is 0. The van der Waals surface area contributed by atoms with Gasteiger partial charge >= 0.3 is 0 Å². The molecule has 0 saturated heterocycles. The van der Waals surface area contributed by atoms with E-state index in [4.69, 9.17) is 10.6 Å². The molecule has 0 amide bonds. The molecule has 0 spiro atoms. The van der Waals surface area contributed by atoms with Crippen LogP contribution in [0.4, 0.5) is 5.69 Å². The summed E-state index contributed by atoms with van der Waals surface area (Å²) in [7, 11) is -3.47. The van der Waals surface area contributed by atoms with E-state index in [-0.39, 0.29) is 4.90 Å². The number of benzene rings is 1. The number of nitrogens with one attached hydrogen (secondary N) is 1. The van der Waals surface area contributed by atoms with Crippen molar-refractivity contribution in [2.45, 2.75) is 18.7 Å². The van der Waals surface area contributed by atoms with E-state index in [9.17, 15) is 8.42 Å². The third-order valence-electron chi connectivity index (χ3n) is 2.70. The second-order valence-corrected chi connectivity index (χ2v) is 5.80. The molecule has 0 aromatic heterocycles. The number of hydrogen-bond acceptors (Lipinski definition) is 5. The van der Waals surface area contributed by atoms with E-state index >= 15 is 0 Å². The quantitative estimate of drug-likeness (QED) is 0.423. The zero-order chi connectivity index (χ0) is 14.3. The van der Waals surface area contributed by atoms with Crippen LogP contribution < -0.4 is 11.3 Å². The Hall–Kier alpha value is -1.15. The van der Waals surface area contributed by atoms with Crippen molar-refractivity contribution in [3.63, 3.8) is 0 Å². The summed E-state index contributed by atoms with van der Waals surface area (Å²) in [5, 5.41) is 0. The molecule has 1 aromatic rings. The Balaban J connectivity index is 2.86. The highest BCUT2D eigenvalue weighted by Crippen LogP contribution is 2.17. The van der Waals surface area contributed by atoms with Crippen LogP contribution in [0.5, 0.6) is 0 Å².